The molecule has 6 nitrogen and oxygen atoms in total. The number of benzene rings is 2. The van der Waals surface area contributed by atoms with E-state index in [0.717, 1.165) is 11.1 Å². The average molecular weight is 411 g/mol. The molecule has 3 aromatic rings. The molecular weight excluding hydrogens is 390 g/mol. The number of hydrogen-bond donors (Lipinski definition) is 0. The van der Waals surface area contributed by atoms with Crippen molar-refractivity contribution in [3.8, 4) is 16.9 Å². The molecule has 1 aromatic heterocycles. The molecule has 2 heterocycles. The summed E-state index contributed by atoms with van der Waals surface area (Å²) in [5.41, 5.74) is 2.18. The highest BCUT2D eigenvalue weighted by Gasteiger charge is 2.40. The zero-order valence-corrected chi connectivity index (χ0v) is 16.5. The Morgan fingerprint density at radius 2 is 1.66 bits per heavy atom. The van der Waals surface area contributed by atoms with Gasteiger partial charge in [0, 0.05) is 13.1 Å². The molecule has 29 heavy (non-hydrogen) atoms. The Morgan fingerprint density at radius 3 is 2.31 bits per heavy atom. The Hall–Kier alpha value is -3.06. The van der Waals surface area contributed by atoms with Gasteiger partial charge in [-0.05, 0) is 35.4 Å². The number of ether oxygens (including phenoxy) is 1. The molecule has 0 radical (unpaired) electrons. The van der Waals surface area contributed by atoms with Gasteiger partial charge in [-0.1, -0.05) is 42.5 Å². The third kappa shape index (κ3) is 4.51. The van der Waals surface area contributed by atoms with Gasteiger partial charge in [0.05, 0.1) is 11.5 Å². The van der Waals surface area contributed by atoms with Crippen molar-refractivity contribution in [2.45, 2.75) is 11.0 Å². The second kappa shape index (κ2) is 8.13. The SMILES string of the molecule is O=C(COc1ccc(-c2ccccc2)cc1)N1CC(S(=O)(=O)Cc2ccco2)C1. The Labute approximate surface area is 169 Å². The van der Waals surface area contributed by atoms with Gasteiger partial charge in [0.2, 0.25) is 0 Å². The smallest absolute Gasteiger partial charge is 0.260 e. The van der Waals surface area contributed by atoms with E-state index in [1.165, 1.54) is 11.2 Å². The molecule has 0 bridgehead atoms. The Morgan fingerprint density at radius 1 is 0.966 bits per heavy atom. The normalized spacial score (nSPS) is 14.4. The first kappa shape index (κ1) is 19.3. The number of hydrogen-bond acceptors (Lipinski definition) is 5. The third-order valence-electron chi connectivity index (χ3n) is 4.96. The molecule has 0 N–H and O–H groups in total. The summed E-state index contributed by atoms with van der Waals surface area (Å²) in [6.07, 6.45) is 1.45. The summed E-state index contributed by atoms with van der Waals surface area (Å²) in [7, 11) is -3.34. The predicted molar refractivity (Wildman–Crippen MR) is 109 cm³/mol. The maximum atomic E-state index is 12.3. The van der Waals surface area contributed by atoms with E-state index < -0.39 is 15.1 Å². The number of likely N-dealkylation sites (tertiary alicyclic amines) is 1. The van der Waals surface area contributed by atoms with Crippen molar-refractivity contribution in [1.82, 2.24) is 4.90 Å². The molecule has 0 unspecified atom stereocenters. The monoisotopic (exact) mass is 411 g/mol. The molecule has 0 spiro atoms. The summed E-state index contributed by atoms with van der Waals surface area (Å²) in [6, 6.07) is 20.8. The summed E-state index contributed by atoms with van der Waals surface area (Å²) < 4.78 is 35.4. The standard InChI is InChI=1S/C22H21NO5S/c24-22(23-13-21(14-23)29(25,26)16-20-7-4-12-27-20)15-28-19-10-8-18(9-11-19)17-5-2-1-3-6-17/h1-12,21H,13-16H2. The van der Waals surface area contributed by atoms with Gasteiger partial charge in [-0.2, -0.15) is 0 Å². The van der Waals surface area contributed by atoms with Crippen LogP contribution in [0, 0.1) is 0 Å². The van der Waals surface area contributed by atoms with Gasteiger partial charge in [0.15, 0.2) is 16.4 Å². The zero-order chi connectivity index (χ0) is 20.3. The summed E-state index contributed by atoms with van der Waals surface area (Å²) in [5, 5.41) is -0.554. The van der Waals surface area contributed by atoms with E-state index in [0.29, 0.717) is 11.5 Å². The number of nitrogens with zero attached hydrogens (tertiary/aromatic N) is 1. The number of carbonyl (C=O) groups excluding carboxylic acids is 1. The molecular formula is C22H21NO5S. The lowest BCUT2D eigenvalue weighted by Crippen LogP contribution is -2.58. The molecule has 1 aliphatic rings. The van der Waals surface area contributed by atoms with E-state index in [2.05, 4.69) is 0 Å². The van der Waals surface area contributed by atoms with Crippen molar-refractivity contribution in [1.29, 1.82) is 0 Å². The highest BCUT2D eigenvalue weighted by Crippen LogP contribution is 2.23. The van der Waals surface area contributed by atoms with Gasteiger partial charge in [-0.25, -0.2) is 8.42 Å². The van der Waals surface area contributed by atoms with E-state index in [1.54, 1.807) is 12.1 Å². The Bertz CT molecular complexity index is 1050. The fraction of sp³-hybridized carbons (Fsp3) is 0.227. The summed E-state index contributed by atoms with van der Waals surface area (Å²) >= 11 is 0. The van der Waals surface area contributed by atoms with Crippen LogP contribution in [0.15, 0.2) is 77.4 Å². The maximum absolute atomic E-state index is 12.3. The molecule has 1 saturated heterocycles. The first-order chi connectivity index (χ1) is 14.0. The van der Waals surface area contributed by atoms with Gasteiger partial charge in [0.1, 0.15) is 17.3 Å². The van der Waals surface area contributed by atoms with E-state index in [9.17, 15) is 13.2 Å². The lowest BCUT2D eigenvalue weighted by Gasteiger charge is -2.38. The average Bonchev–Trinajstić information content (AvgIpc) is 3.18. The van der Waals surface area contributed by atoms with Crippen LogP contribution in [0.5, 0.6) is 5.75 Å². The van der Waals surface area contributed by atoms with Gasteiger partial charge in [0.25, 0.3) is 5.91 Å². The number of carbonyl (C=O) groups is 1. The number of amides is 1. The molecule has 7 heteroatoms. The fourth-order valence-electron chi connectivity index (χ4n) is 3.19. The Balaban J connectivity index is 1.26. The predicted octanol–water partition coefficient (Wildman–Crippen LogP) is 3.15. The molecule has 4 rings (SSSR count). The minimum atomic E-state index is -3.34. The zero-order valence-electron chi connectivity index (χ0n) is 15.7. The molecule has 1 fully saturated rings. The largest absolute Gasteiger partial charge is 0.484 e. The molecule has 0 aliphatic carbocycles. The third-order valence-corrected chi connectivity index (χ3v) is 6.96. The van der Waals surface area contributed by atoms with Crippen molar-refractivity contribution in [3.05, 3.63) is 78.8 Å². The minimum absolute atomic E-state index is 0.115. The highest BCUT2D eigenvalue weighted by atomic mass is 32.2. The van der Waals surface area contributed by atoms with Crippen LogP contribution in [-0.2, 0) is 20.4 Å². The Kier molecular flexibility index (Phi) is 5.40. The minimum Gasteiger partial charge on any atom is -0.484 e. The molecule has 1 aliphatic heterocycles. The fourth-order valence-corrected chi connectivity index (χ4v) is 4.80. The van der Waals surface area contributed by atoms with Gasteiger partial charge < -0.3 is 14.1 Å². The van der Waals surface area contributed by atoms with Crippen molar-refractivity contribution < 1.29 is 22.4 Å². The van der Waals surface area contributed by atoms with Crippen molar-refractivity contribution in [3.63, 3.8) is 0 Å². The molecule has 2 aromatic carbocycles. The number of furan rings is 1. The molecule has 0 atom stereocenters. The van der Waals surface area contributed by atoms with E-state index in [1.807, 2.05) is 54.6 Å². The van der Waals surface area contributed by atoms with Crippen LogP contribution >= 0.6 is 0 Å². The maximum Gasteiger partial charge on any atom is 0.260 e. The highest BCUT2D eigenvalue weighted by molar-refractivity contribution is 7.91. The number of sulfone groups is 1. The lowest BCUT2D eigenvalue weighted by atomic mass is 10.1. The van der Waals surface area contributed by atoms with Crippen LogP contribution in [0.1, 0.15) is 5.76 Å². The first-order valence-corrected chi connectivity index (χ1v) is 11.0. The van der Waals surface area contributed by atoms with Crippen LogP contribution in [0.25, 0.3) is 11.1 Å². The summed E-state index contributed by atoms with van der Waals surface area (Å²) in [5.74, 6) is 0.649. The van der Waals surface area contributed by atoms with Crippen molar-refractivity contribution in [2.24, 2.45) is 0 Å². The van der Waals surface area contributed by atoms with Gasteiger partial charge in [-0.15, -0.1) is 0 Å². The first-order valence-electron chi connectivity index (χ1n) is 9.31. The van der Waals surface area contributed by atoms with Crippen LogP contribution < -0.4 is 4.74 Å². The quantitative estimate of drug-likeness (QED) is 0.597. The van der Waals surface area contributed by atoms with Gasteiger partial charge >= 0.3 is 0 Å². The van der Waals surface area contributed by atoms with Crippen LogP contribution in [-0.4, -0.2) is 44.2 Å². The van der Waals surface area contributed by atoms with E-state index in [-0.39, 0.29) is 31.4 Å². The summed E-state index contributed by atoms with van der Waals surface area (Å²) in [4.78, 5) is 13.8. The van der Waals surface area contributed by atoms with E-state index >= 15 is 0 Å². The van der Waals surface area contributed by atoms with Crippen molar-refractivity contribution in [2.75, 3.05) is 19.7 Å². The second-order valence-electron chi connectivity index (χ2n) is 6.99. The van der Waals surface area contributed by atoms with Crippen LogP contribution in [0.2, 0.25) is 0 Å². The van der Waals surface area contributed by atoms with Crippen LogP contribution in [0.3, 0.4) is 0 Å². The van der Waals surface area contributed by atoms with Crippen LogP contribution in [0.4, 0.5) is 0 Å². The number of rotatable bonds is 7. The van der Waals surface area contributed by atoms with Crippen molar-refractivity contribution >= 4 is 15.7 Å². The lowest BCUT2D eigenvalue weighted by molar-refractivity contribution is -0.136. The molecule has 1 amide bonds. The van der Waals surface area contributed by atoms with Gasteiger partial charge in [-0.3, -0.25) is 4.79 Å². The molecule has 0 saturated carbocycles. The summed E-state index contributed by atoms with van der Waals surface area (Å²) in [6.45, 7) is 0.270. The topological polar surface area (TPSA) is 76.8 Å². The molecule has 150 valence electrons. The second-order valence-corrected chi connectivity index (χ2v) is 9.27. The van der Waals surface area contributed by atoms with E-state index in [4.69, 9.17) is 9.15 Å².